The maximum Gasteiger partial charge on any atom is 0.235 e. The second-order valence-electron chi connectivity index (χ2n) is 14.6. The maximum atomic E-state index is 5.58. The summed E-state index contributed by atoms with van der Waals surface area (Å²) in [5, 5.41) is 10.9. The van der Waals surface area contributed by atoms with Gasteiger partial charge in [0.2, 0.25) is 5.95 Å². The molecule has 0 spiro atoms. The predicted octanol–water partition coefficient (Wildman–Crippen LogP) is 14.4. The van der Waals surface area contributed by atoms with Gasteiger partial charge < -0.3 is 0 Å². The van der Waals surface area contributed by atoms with E-state index in [0.717, 1.165) is 43.5 Å². The lowest BCUT2D eigenvalue weighted by atomic mass is 9.98. The Hall–Kier alpha value is -7.14. The molecule has 0 bridgehead atoms. The minimum Gasteiger partial charge on any atom is -0.278 e. The van der Waals surface area contributed by atoms with E-state index >= 15 is 0 Å². The monoisotopic (exact) mass is 729 g/mol. The Morgan fingerprint density at radius 1 is 0.357 bits per heavy atom. The predicted molar refractivity (Wildman–Crippen MR) is 238 cm³/mol. The zero-order valence-electron chi connectivity index (χ0n) is 30.1. The fourth-order valence-electron chi connectivity index (χ4n) is 8.69. The lowest BCUT2D eigenvalue weighted by molar-refractivity contribution is 1.02. The highest BCUT2D eigenvalue weighted by Gasteiger charge is 2.22. The molecular formula is C52H31N3S. The molecule has 0 amide bonds. The van der Waals surface area contributed by atoms with E-state index in [0.29, 0.717) is 5.95 Å². The molecule has 3 heterocycles. The van der Waals surface area contributed by atoms with Gasteiger partial charge in [-0.05, 0) is 84.9 Å². The fraction of sp³-hybridized carbons (Fsp3) is 0. The number of hydrogen-bond acceptors (Lipinski definition) is 3. The van der Waals surface area contributed by atoms with E-state index in [9.17, 15) is 0 Å². The van der Waals surface area contributed by atoms with E-state index < -0.39 is 0 Å². The number of nitrogens with zero attached hydrogens (tertiary/aromatic N) is 3. The van der Waals surface area contributed by atoms with Crippen molar-refractivity contribution in [2.24, 2.45) is 0 Å². The van der Waals surface area contributed by atoms with Gasteiger partial charge in [0.05, 0.1) is 26.9 Å². The van der Waals surface area contributed by atoms with Crippen molar-refractivity contribution in [3.05, 3.63) is 188 Å². The van der Waals surface area contributed by atoms with Crippen molar-refractivity contribution < 1.29 is 0 Å². The van der Waals surface area contributed by atoms with Crippen LogP contribution in [0.1, 0.15) is 0 Å². The summed E-state index contributed by atoms with van der Waals surface area (Å²) >= 11 is 1.80. The molecule has 56 heavy (non-hydrogen) atoms. The molecule has 3 nitrogen and oxygen atoms in total. The molecule has 3 aromatic heterocycles. The SMILES string of the molecule is c1ccc(-c2cccc(-c3nc(-n4c5ccc(-c6ccc7ccccc7c6)cc5c5c6ccccc6ccc54)nc4c3sc3c5ccccc5ccc43)c2)cc1. The molecular weight excluding hydrogens is 699 g/mol. The van der Waals surface area contributed by atoms with Crippen LogP contribution in [-0.4, -0.2) is 14.5 Å². The Kier molecular flexibility index (Phi) is 6.80. The average molecular weight is 730 g/mol. The first-order valence-corrected chi connectivity index (χ1v) is 19.8. The summed E-state index contributed by atoms with van der Waals surface area (Å²) in [5.41, 5.74) is 9.87. The summed E-state index contributed by atoms with van der Waals surface area (Å²) in [6.07, 6.45) is 0. The number of aromatic nitrogens is 3. The molecule has 0 aliphatic heterocycles. The van der Waals surface area contributed by atoms with E-state index in [4.69, 9.17) is 9.97 Å². The van der Waals surface area contributed by atoms with Gasteiger partial charge in [-0.2, -0.15) is 0 Å². The molecule has 0 atom stereocenters. The molecule has 0 radical (unpaired) electrons. The summed E-state index contributed by atoms with van der Waals surface area (Å²) in [5.74, 6) is 0.666. The molecule has 260 valence electrons. The molecule has 0 aliphatic carbocycles. The van der Waals surface area contributed by atoms with E-state index in [1.807, 2.05) is 0 Å². The van der Waals surface area contributed by atoms with Gasteiger partial charge in [-0.3, -0.25) is 4.57 Å². The third-order valence-electron chi connectivity index (χ3n) is 11.4. The molecule has 4 heteroatoms. The van der Waals surface area contributed by atoms with E-state index in [2.05, 4.69) is 193 Å². The van der Waals surface area contributed by atoms with Gasteiger partial charge in [-0.25, -0.2) is 9.97 Å². The lowest BCUT2D eigenvalue weighted by Crippen LogP contribution is -2.02. The smallest absolute Gasteiger partial charge is 0.235 e. The average Bonchev–Trinajstić information content (AvgIpc) is 3.82. The molecule has 0 fully saturated rings. The quantitative estimate of drug-likeness (QED) is 0.181. The molecule has 0 aliphatic rings. The highest BCUT2D eigenvalue weighted by atomic mass is 32.1. The third-order valence-corrected chi connectivity index (χ3v) is 12.6. The first-order chi connectivity index (χ1) is 27.7. The fourth-order valence-corrected chi connectivity index (χ4v) is 9.97. The van der Waals surface area contributed by atoms with Crippen molar-refractivity contribution in [2.45, 2.75) is 0 Å². The zero-order chi connectivity index (χ0) is 36.7. The molecule has 12 rings (SSSR count). The first-order valence-electron chi connectivity index (χ1n) is 19.0. The van der Waals surface area contributed by atoms with Crippen LogP contribution in [0.4, 0.5) is 0 Å². The van der Waals surface area contributed by atoms with Crippen molar-refractivity contribution in [2.75, 3.05) is 0 Å². The van der Waals surface area contributed by atoms with Crippen LogP contribution >= 0.6 is 11.3 Å². The van der Waals surface area contributed by atoms with Gasteiger partial charge in [0.15, 0.2) is 0 Å². The van der Waals surface area contributed by atoms with Crippen molar-refractivity contribution in [3.63, 3.8) is 0 Å². The molecule has 0 unspecified atom stereocenters. The highest BCUT2D eigenvalue weighted by molar-refractivity contribution is 7.27. The van der Waals surface area contributed by atoms with Crippen molar-refractivity contribution in [1.82, 2.24) is 14.5 Å². The van der Waals surface area contributed by atoms with Crippen LogP contribution in [0.15, 0.2) is 188 Å². The Morgan fingerprint density at radius 2 is 0.982 bits per heavy atom. The highest BCUT2D eigenvalue weighted by Crippen LogP contribution is 2.44. The number of benzene rings is 9. The van der Waals surface area contributed by atoms with Crippen LogP contribution in [0, 0.1) is 0 Å². The van der Waals surface area contributed by atoms with Gasteiger partial charge in [-0.15, -0.1) is 11.3 Å². The topological polar surface area (TPSA) is 30.7 Å². The van der Waals surface area contributed by atoms with Crippen molar-refractivity contribution in [1.29, 1.82) is 0 Å². The minimum absolute atomic E-state index is 0.666. The molecule has 0 N–H and O–H groups in total. The van der Waals surface area contributed by atoms with Crippen LogP contribution in [-0.2, 0) is 0 Å². The van der Waals surface area contributed by atoms with Gasteiger partial charge in [0.1, 0.15) is 0 Å². The van der Waals surface area contributed by atoms with E-state index in [1.54, 1.807) is 11.3 Å². The van der Waals surface area contributed by atoms with Crippen molar-refractivity contribution in [3.8, 4) is 39.5 Å². The Balaban J connectivity index is 1.17. The summed E-state index contributed by atoms with van der Waals surface area (Å²) < 4.78 is 4.61. The Morgan fingerprint density at radius 3 is 1.86 bits per heavy atom. The first kappa shape index (κ1) is 31.2. The second-order valence-corrected chi connectivity index (χ2v) is 15.6. The second kappa shape index (κ2) is 12.2. The summed E-state index contributed by atoms with van der Waals surface area (Å²) in [7, 11) is 0. The van der Waals surface area contributed by atoms with Crippen LogP contribution in [0.3, 0.4) is 0 Å². The van der Waals surface area contributed by atoms with Crippen molar-refractivity contribution >= 4 is 85.8 Å². The summed E-state index contributed by atoms with van der Waals surface area (Å²) in [6.45, 7) is 0. The number of rotatable bonds is 4. The largest absolute Gasteiger partial charge is 0.278 e. The van der Waals surface area contributed by atoms with Gasteiger partial charge in [0, 0.05) is 26.4 Å². The van der Waals surface area contributed by atoms with Crippen LogP contribution < -0.4 is 0 Å². The zero-order valence-corrected chi connectivity index (χ0v) is 31.0. The van der Waals surface area contributed by atoms with Gasteiger partial charge >= 0.3 is 0 Å². The van der Waals surface area contributed by atoms with Crippen LogP contribution in [0.2, 0.25) is 0 Å². The summed E-state index contributed by atoms with van der Waals surface area (Å²) in [6, 6.07) is 67.9. The van der Waals surface area contributed by atoms with Crippen LogP contribution in [0.25, 0.3) is 114 Å². The van der Waals surface area contributed by atoms with Gasteiger partial charge in [-0.1, -0.05) is 158 Å². The Labute approximate surface area is 326 Å². The van der Waals surface area contributed by atoms with E-state index in [1.165, 1.54) is 64.5 Å². The number of hydrogen-bond donors (Lipinski definition) is 0. The number of thiophene rings is 1. The molecule has 12 aromatic rings. The maximum absolute atomic E-state index is 5.58. The molecule has 0 saturated heterocycles. The van der Waals surface area contributed by atoms with E-state index in [-0.39, 0.29) is 0 Å². The number of fused-ring (bicyclic) bond motifs is 11. The molecule has 9 aromatic carbocycles. The lowest BCUT2D eigenvalue weighted by Gasteiger charge is -2.11. The normalized spacial score (nSPS) is 11.9. The summed E-state index contributed by atoms with van der Waals surface area (Å²) in [4.78, 5) is 11.1. The Bertz CT molecular complexity index is 3540. The van der Waals surface area contributed by atoms with Gasteiger partial charge in [0.25, 0.3) is 0 Å². The van der Waals surface area contributed by atoms with Crippen LogP contribution in [0.5, 0.6) is 0 Å². The third kappa shape index (κ3) is 4.76. The standard InChI is InChI=1S/C52H31N3S/c1-2-11-32(12-3-1)37-17-10-18-40(30-37)48-51-49(43-26-23-35-15-7-9-20-42(35)50(43)56-51)54-52(53-48)55-45-27-25-39(38-22-21-33-13-4-5-16-36(33)29-38)31-44(45)47-41-19-8-6-14-34(41)24-28-46(47)55/h1-31H. The molecule has 0 saturated carbocycles. The minimum atomic E-state index is 0.666.